The van der Waals surface area contributed by atoms with Crippen LogP contribution in [-0.2, 0) is 16.0 Å². The first-order chi connectivity index (χ1) is 10.0. The van der Waals surface area contributed by atoms with Crippen LogP contribution in [0.15, 0.2) is 24.3 Å². The van der Waals surface area contributed by atoms with Crippen molar-refractivity contribution in [1.29, 1.82) is 0 Å². The second-order valence-corrected chi connectivity index (χ2v) is 5.53. The summed E-state index contributed by atoms with van der Waals surface area (Å²) < 4.78 is 5.09. The molecule has 114 valence electrons. The molecule has 1 aliphatic heterocycles. The number of nitrogens with zero attached hydrogens (tertiary/aromatic N) is 1. The monoisotopic (exact) mass is 291 g/mol. The Morgan fingerprint density at radius 3 is 2.52 bits per heavy atom. The van der Waals surface area contributed by atoms with Crippen LogP contribution in [0.2, 0.25) is 0 Å². The minimum Gasteiger partial charge on any atom is -0.497 e. The Kier molecular flexibility index (Phi) is 4.83. The van der Waals surface area contributed by atoms with E-state index in [0.29, 0.717) is 19.4 Å². The number of carbonyl (C=O) groups is 2. The normalized spacial score (nSPS) is 21.9. The van der Waals surface area contributed by atoms with E-state index in [9.17, 15) is 9.59 Å². The van der Waals surface area contributed by atoms with Gasteiger partial charge in [-0.25, -0.2) is 0 Å². The van der Waals surface area contributed by atoms with Crippen molar-refractivity contribution >= 4 is 11.9 Å². The molecule has 1 aromatic rings. The van der Waals surface area contributed by atoms with Gasteiger partial charge >= 0.3 is 5.97 Å². The van der Waals surface area contributed by atoms with Crippen LogP contribution in [0.25, 0.3) is 0 Å². The smallest absolute Gasteiger partial charge is 0.308 e. The van der Waals surface area contributed by atoms with Gasteiger partial charge in [0.1, 0.15) is 5.75 Å². The highest BCUT2D eigenvalue weighted by atomic mass is 16.5. The second kappa shape index (κ2) is 6.61. The van der Waals surface area contributed by atoms with Gasteiger partial charge in [0.2, 0.25) is 5.91 Å². The summed E-state index contributed by atoms with van der Waals surface area (Å²) in [6.45, 7) is 2.29. The molecule has 0 bridgehead atoms. The number of ether oxygens (including phenoxy) is 1. The van der Waals surface area contributed by atoms with E-state index in [1.807, 2.05) is 31.2 Å². The first kappa shape index (κ1) is 15.4. The van der Waals surface area contributed by atoms with E-state index in [2.05, 4.69) is 0 Å². The third kappa shape index (κ3) is 3.74. The molecule has 0 aliphatic carbocycles. The first-order valence-corrected chi connectivity index (χ1v) is 7.16. The van der Waals surface area contributed by atoms with Crippen molar-refractivity contribution in [3.8, 4) is 5.75 Å². The molecule has 0 unspecified atom stereocenters. The standard InChI is InChI=1S/C16H21NO4/c1-11-3-6-13(16(19)20)10-17(11)15(18)9-12-4-7-14(21-2)8-5-12/h4-5,7-8,11,13H,3,6,9-10H2,1-2H3,(H,19,20)/t11-,13+/m0/s1. The van der Waals surface area contributed by atoms with Gasteiger partial charge in [-0.15, -0.1) is 0 Å². The van der Waals surface area contributed by atoms with E-state index in [-0.39, 0.29) is 11.9 Å². The van der Waals surface area contributed by atoms with Gasteiger partial charge < -0.3 is 14.7 Å². The molecule has 0 saturated carbocycles. The Labute approximate surface area is 124 Å². The van der Waals surface area contributed by atoms with E-state index in [1.54, 1.807) is 12.0 Å². The summed E-state index contributed by atoms with van der Waals surface area (Å²) in [5, 5.41) is 9.12. The molecule has 1 amide bonds. The number of rotatable bonds is 4. The summed E-state index contributed by atoms with van der Waals surface area (Å²) in [5.74, 6) is -0.521. The summed E-state index contributed by atoms with van der Waals surface area (Å²) in [4.78, 5) is 25.2. The van der Waals surface area contributed by atoms with Crippen molar-refractivity contribution in [3.05, 3.63) is 29.8 Å². The van der Waals surface area contributed by atoms with Crippen LogP contribution in [0.5, 0.6) is 5.75 Å². The minimum atomic E-state index is -0.816. The lowest BCUT2D eigenvalue weighted by atomic mass is 9.93. The van der Waals surface area contributed by atoms with Gasteiger partial charge in [-0.2, -0.15) is 0 Å². The lowest BCUT2D eigenvalue weighted by Gasteiger charge is -2.36. The number of likely N-dealkylation sites (tertiary alicyclic amines) is 1. The third-order valence-electron chi connectivity index (χ3n) is 4.07. The van der Waals surface area contributed by atoms with E-state index in [4.69, 9.17) is 9.84 Å². The van der Waals surface area contributed by atoms with Crippen LogP contribution in [0.3, 0.4) is 0 Å². The molecule has 1 aliphatic rings. The molecule has 0 aromatic heterocycles. The second-order valence-electron chi connectivity index (χ2n) is 5.53. The van der Waals surface area contributed by atoms with Crippen LogP contribution in [0.4, 0.5) is 0 Å². The molecule has 1 saturated heterocycles. The van der Waals surface area contributed by atoms with Gasteiger partial charge in [-0.3, -0.25) is 9.59 Å². The number of piperidine rings is 1. The van der Waals surface area contributed by atoms with Crippen molar-refractivity contribution in [3.63, 3.8) is 0 Å². The fourth-order valence-electron chi connectivity index (χ4n) is 2.68. The van der Waals surface area contributed by atoms with Crippen LogP contribution in [0, 0.1) is 5.92 Å². The number of hydrogen-bond donors (Lipinski definition) is 1. The maximum absolute atomic E-state index is 12.4. The van der Waals surface area contributed by atoms with Gasteiger partial charge in [0.15, 0.2) is 0 Å². The Bertz CT molecular complexity index is 512. The molecular weight excluding hydrogens is 270 g/mol. The first-order valence-electron chi connectivity index (χ1n) is 7.16. The number of carboxylic acids is 1. The largest absolute Gasteiger partial charge is 0.497 e. The van der Waals surface area contributed by atoms with Gasteiger partial charge in [0.05, 0.1) is 19.4 Å². The number of carboxylic acid groups (broad SMARTS) is 1. The SMILES string of the molecule is COc1ccc(CC(=O)N2C[C@H](C(=O)O)CC[C@@H]2C)cc1. The molecule has 0 spiro atoms. The third-order valence-corrected chi connectivity index (χ3v) is 4.07. The highest BCUT2D eigenvalue weighted by molar-refractivity contribution is 5.80. The molecule has 0 radical (unpaired) electrons. The van der Waals surface area contributed by atoms with Crippen molar-refractivity contribution in [2.24, 2.45) is 5.92 Å². The zero-order valence-electron chi connectivity index (χ0n) is 12.4. The minimum absolute atomic E-state index is 0.0152. The summed E-state index contributed by atoms with van der Waals surface area (Å²) >= 11 is 0. The molecule has 5 nitrogen and oxygen atoms in total. The van der Waals surface area contributed by atoms with Gasteiger partial charge in [0.25, 0.3) is 0 Å². The Hall–Kier alpha value is -2.04. The molecular formula is C16H21NO4. The van der Waals surface area contributed by atoms with Crippen LogP contribution < -0.4 is 4.74 Å². The average Bonchev–Trinajstić information content (AvgIpc) is 2.48. The molecule has 1 N–H and O–H groups in total. The Morgan fingerprint density at radius 1 is 1.29 bits per heavy atom. The highest BCUT2D eigenvalue weighted by Gasteiger charge is 2.32. The average molecular weight is 291 g/mol. The fourth-order valence-corrected chi connectivity index (χ4v) is 2.68. The zero-order chi connectivity index (χ0) is 15.4. The maximum Gasteiger partial charge on any atom is 0.308 e. The lowest BCUT2D eigenvalue weighted by molar-refractivity contribution is -0.146. The topological polar surface area (TPSA) is 66.8 Å². The number of aliphatic carboxylic acids is 1. The van der Waals surface area contributed by atoms with Crippen molar-refractivity contribution < 1.29 is 19.4 Å². The number of hydrogen-bond acceptors (Lipinski definition) is 3. The van der Waals surface area contributed by atoms with E-state index in [0.717, 1.165) is 17.7 Å². The lowest BCUT2D eigenvalue weighted by Crippen LogP contribution is -2.47. The quantitative estimate of drug-likeness (QED) is 0.920. The van der Waals surface area contributed by atoms with Crippen molar-refractivity contribution in [2.45, 2.75) is 32.2 Å². The molecule has 1 fully saturated rings. The number of amides is 1. The van der Waals surface area contributed by atoms with Crippen molar-refractivity contribution in [2.75, 3.05) is 13.7 Å². The summed E-state index contributed by atoms with van der Waals surface area (Å²) in [5.41, 5.74) is 0.908. The van der Waals surface area contributed by atoms with Crippen LogP contribution in [-0.4, -0.2) is 41.6 Å². The Balaban J connectivity index is 2.01. The fraction of sp³-hybridized carbons (Fsp3) is 0.500. The molecule has 21 heavy (non-hydrogen) atoms. The predicted octanol–water partition coefficient (Wildman–Crippen LogP) is 1.95. The number of carbonyl (C=O) groups excluding carboxylic acids is 1. The summed E-state index contributed by atoms with van der Waals surface area (Å²) in [6.07, 6.45) is 1.68. The van der Waals surface area contributed by atoms with Gasteiger partial charge in [-0.1, -0.05) is 12.1 Å². The van der Waals surface area contributed by atoms with Crippen LogP contribution >= 0.6 is 0 Å². The molecule has 2 atom stereocenters. The summed E-state index contributed by atoms with van der Waals surface area (Å²) in [7, 11) is 1.60. The molecule has 2 rings (SSSR count). The van der Waals surface area contributed by atoms with Gasteiger partial charge in [0, 0.05) is 12.6 Å². The highest BCUT2D eigenvalue weighted by Crippen LogP contribution is 2.23. The van der Waals surface area contributed by atoms with E-state index in [1.165, 1.54) is 0 Å². The van der Waals surface area contributed by atoms with E-state index < -0.39 is 11.9 Å². The number of methoxy groups -OCH3 is 1. The summed E-state index contributed by atoms with van der Waals surface area (Å²) in [6, 6.07) is 7.47. The Morgan fingerprint density at radius 2 is 1.95 bits per heavy atom. The predicted molar refractivity (Wildman–Crippen MR) is 78.2 cm³/mol. The molecule has 1 heterocycles. The van der Waals surface area contributed by atoms with Crippen molar-refractivity contribution in [1.82, 2.24) is 4.90 Å². The van der Waals surface area contributed by atoms with Gasteiger partial charge in [-0.05, 0) is 37.5 Å². The van der Waals surface area contributed by atoms with Crippen LogP contribution in [0.1, 0.15) is 25.3 Å². The maximum atomic E-state index is 12.4. The molecule has 5 heteroatoms. The van der Waals surface area contributed by atoms with E-state index >= 15 is 0 Å². The zero-order valence-corrected chi connectivity index (χ0v) is 12.4. The number of benzene rings is 1. The molecule has 1 aromatic carbocycles.